The molecule has 5 heteroatoms. The molecule has 2 aliphatic rings. The molecule has 0 unspecified atom stereocenters. The summed E-state index contributed by atoms with van der Waals surface area (Å²) >= 11 is 0. The monoisotopic (exact) mass is 226 g/mol. The minimum Gasteiger partial charge on any atom is -0.480 e. The second kappa shape index (κ2) is 3.96. The molecule has 0 bridgehead atoms. The highest BCUT2D eigenvalue weighted by Crippen LogP contribution is 2.32. The molecular weight excluding hydrogens is 208 g/mol. The number of hydrogen-bond donors (Lipinski definition) is 2. The summed E-state index contributed by atoms with van der Waals surface area (Å²) in [5, 5.41) is 11.8. The fraction of sp³-hybridized carbons (Fsp3) is 0.818. The first-order valence-electron chi connectivity index (χ1n) is 5.83. The van der Waals surface area contributed by atoms with Gasteiger partial charge in [0.25, 0.3) is 0 Å². The smallest absolute Gasteiger partial charge is 0.329 e. The van der Waals surface area contributed by atoms with Gasteiger partial charge in [-0.15, -0.1) is 0 Å². The van der Waals surface area contributed by atoms with Crippen molar-refractivity contribution >= 4 is 12.0 Å². The summed E-state index contributed by atoms with van der Waals surface area (Å²) in [5.41, 5.74) is -0.991. The zero-order valence-electron chi connectivity index (χ0n) is 9.53. The molecule has 0 aliphatic heterocycles. The van der Waals surface area contributed by atoms with E-state index in [2.05, 4.69) is 5.32 Å². The average Bonchev–Trinajstić information content (AvgIpc) is 2.07. The van der Waals surface area contributed by atoms with Crippen LogP contribution in [-0.2, 0) is 4.79 Å². The van der Waals surface area contributed by atoms with E-state index in [-0.39, 0.29) is 6.03 Å². The van der Waals surface area contributed by atoms with Gasteiger partial charge in [0, 0.05) is 13.1 Å². The number of carboxylic acid groups (broad SMARTS) is 1. The van der Waals surface area contributed by atoms with Crippen molar-refractivity contribution in [2.75, 3.05) is 7.05 Å². The van der Waals surface area contributed by atoms with Crippen molar-refractivity contribution < 1.29 is 14.7 Å². The molecular formula is C11H18N2O3. The molecule has 0 saturated heterocycles. The third kappa shape index (κ3) is 1.74. The molecule has 90 valence electrons. The van der Waals surface area contributed by atoms with E-state index in [1.807, 2.05) is 0 Å². The number of rotatable bonds is 3. The number of carbonyl (C=O) groups excluding carboxylic acids is 1. The Morgan fingerprint density at radius 2 is 1.94 bits per heavy atom. The van der Waals surface area contributed by atoms with Gasteiger partial charge in [0.2, 0.25) is 0 Å². The van der Waals surface area contributed by atoms with Gasteiger partial charge in [-0.05, 0) is 38.5 Å². The van der Waals surface area contributed by atoms with Gasteiger partial charge in [0.15, 0.2) is 0 Å². The topological polar surface area (TPSA) is 69.6 Å². The summed E-state index contributed by atoms with van der Waals surface area (Å²) in [4.78, 5) is 24.6. The van der Waals surface area contributed by atoms with Crippen LogP contribution in [0.15, 0.2) is 0 Å². The lowest BCUT2D eigenvalue weighted by molar-refractivity contribution is -0.148. The molecule has 0 radical (unpaired) electrons. The summed E-state index contributed by atoms with van der Waals surface area (Å²) in [6.45, 7) is 0. The van der Waals surface area contributed by atoms with Crippen LogP contribution in [0, 0.1) is 0 Å². The van der Waals surface area contributed by atoms with Crippen LogP contribution in [0.5, 0.6) is 0 Å². The van der Waals surface area contributed by atoms with E-state index in [4.69, 9.17) is 5.11 Å². The molecule has 2 fully saturated rings. The number of nitrogens with one attached hydrogen (secondary N) is 1. The van der Waals surface area contributed by atoms with Crippen LogP contribution in [0.2, 0.25) is 0 Å². The van der Waals surface area contributed by atoms with Gasteiger partial charge in [0.05, 0.1) is 0 Å². The highest BCUT2D eigenvalue weighted by atomic mass is 16.4. The van der Waals surface area contributed by atoms with Crippen molar-refractivity contribution in [2.45, 2.75) is 50.1 Å². The highest BCUT2D eigenvalue weighted by Gasteiger charge is 2.46. The number of amides is 2. The minimum absolute atomic E-state index is 0.244. The Morgan fingerprint density at radius 3 is 2.25 bits per heavy atom. The first-order valence-corrected chi connectivity index (χ1v) is 5.83. The molecule has 2 N–H and O–H groups in total. The third-order valence-electron chi connectivity index (χ3n) is 3.91. The molecule has 2 rings (SSSR count). The third-order valence-corrected chi connectivity index (χ3v) is 3.91. The van der Waals surface area contributed by atoms with Crippen molar-refractivity contribution in [3.63, 3.8) is 0 Å². The molecule has 16 heavy (non-hydrogen) atoms. The summed E-state index contributed by atoms with van der Waals surface area (Å²) in [6.07, 6.45) is 5.19. The molecule has 2 aliphatic carbocycles. The quantitative estimate of drug-likeness (QED) is 0.759. The van der Waals surface area contributed by atoms with Gasteiger partial charge in [0.1, 0.15) is 5.54 Å². The summed E-state index contributed by atoms with van der Waals surface area (Å²) < 4.78 is 0. The van der Waals surface area contributed by atoms with Crippen molar-refractivity contribution in [3.8, 4) is 0 Å². The van der Waals surface area contributed by atoms with Gasteiger partial charge in [-0.3, -0.25) is 0 Å². The van der Waals surface area contributed by atoms with Crippen LogP contribution in [0.3, 0.4) is 0 Å². The Balaban J connectivity index is 1.92. The Morgan fingerprint density at radius 1 is 1.31 bits per heavy atom. The molecule has 5 nitrogen and oxygen atoms in total. The average molecular weight is 226 g/mol. The maximum absolute atomic E-state index is 11.8. The van der Waals surface area contributed by atoms with E-state index in [1.165, 1.54) is 0 Å². The van der Waals surface area contributed by atoms with Gasteiger partial charge in [-0.25, -0.2) is 9.59 Å². The van der Waals surface area contributed by atoms with Crippen LogP contribution >= 0.6 is 0 Å². The lowest BCUT2D eigenvalue weighted by atomic mass is 9.77. The molecule has 0 aromatic rings. The number of carbonyl (C=O) groups is 2. The lowest BCUT2D eigenvalue weighted by Crippen LogP contribution is -2.62. The van der Waals surface area contributed by atoms with E-state index >= 15 is 0 Å². The standard InChI is InChI=1S/C11H18N2O3/c1-13(8-4-2-5-8)10(16)12-11(9(14)15)6-3-7-11/h8H,2-7H2,1H3,(H,12,16)(H,14,15). The van der Waals surface area contributed by atoms with E-state index in [0.29, 0.717) is 18.9 Å². The van der Waals surface area contributed by atoms with Crippen molar-refractivity contribution in [2.24, 2.45) is 0 Å². The Labute approximate surface area is 94.8 Å². The summed E-state index contributed by atoms with van der Waals surface area (Å²) in [6, 6.07) is 0.0534. The fourth-order valence-electron chi connectivity index (χ4n) is 2.16. The van der Waals surface area contributed by atoms with Crippen LogP contribution in [0.4, 0.5) is 4.79 Å². The summed E-state index contributed by atoms with van der Waals surface area (Å²) in [5.74, 6) is -0.908. The Hall–Kier alpha value is -1.26. The predicted molar refractivity (Wildman–Crippen MR) is 58.2 cm³/mol. The molecule has 0 aromatic carbocycles. The zero-order chi connectivity index (χ0) is 11.8. The van der Waals surface area contributed by atoms with E-state index < -0.39 is 11.5 Å². The van der Waals surface area contributed by atoms with Crippen LogP contribution in [-0.4, -0.2) is 40.6 Å². The molecule has 0 atom stereocenters. The Kier molecular flexibility index (Phi) is 2.78. The van der Waals surface area contributed by atoms with Gasteiger partial charge in [-0.2, -0.15) is 0 Å². The minimum atomic E-state index is -0.991. The lowest BCUT2D eigenvalue weighted by Gasteiger charge is -2.41. The number of nitrogens with zero attached hydrogens (tertiary/aromatic N) is 1. The molecule has 2 saturated carbocycles. The van der Waals surface area contributed by atoms with Crippen molar-refractivity contribution in [1.82, 2.24) is 10.2 Å². The van der Waals surface area contributed by atoms with E-state index in [1.54, 1.807) is 11.9 Å². The van der Waals surface area contributed by atoms with Crippen LogP contribution < -0.4 is 5.32 Å². The highest BCUT2D eigenvalue weighted by molar-refractivity contribution is 5.87. The SMILES string of the molecule is CN(C(=O)NC1(C(=O)O)CCC1)C1CCC1. The normalized spacial score (nSPS) is 22.8. The second-order valence-electron chi connectivity index (χ2n) is 4.87. The number of hydrogen-bond acceptors (Lipinski definition) is 2. The van der Waals surface area contributed by atoms with Gasteiger partial charge >= 0.3 is 12.0 Å². The van der Waals surface area contributed by atoms with E-state index in [9.17, 15) is 9.59 Å². The second-order valence-corrected chi connectivity index (χ2v) is 4.87. The fourth-order valence-corrected chi connectivity index (χ4v) is 2.16. The van der Waals surface area contributed by atoms with Crippen molar-refractivity contribution in [1.29, 1.82) is 0 Å². The first-order chi connectivity index (χ1) is 7.55. The number of aliphatic carboxylic acids is 1. The largest absolute Gasteiger partial charge is 0.480 e. The first kappa shape index (κ1) is 11.2. The predicted octanol–water partition coefficient (Wildman–Crippen LogP) is 1.19. The molecule has 0 heterocycles. The Bertz CT molecular complexity index is 308. The zero-order valence-corrected chi connectivity index (χ0v) is 9.53. The van der Waals surface area contributed by atoms with Crippen LogP contribution in [0.25, 0.3) is 0 Å². The van der Waals surface area contributed by atoms with Crippen LogP contribution in [0.1, 0.15) is 38.5 Å². The van der Waals surface area contributed by atoms with E-state index in [0.717, 1.165) is 25.7 Å². The molecule has 0 spiro atoms. The number of urea groups is 1. The molecule has 0 aromatic heterocycles. The summed E-state index contributed by atoms with van der Waals surface area (Å²) in [7, 11) is 1.74. The van der Waals surface area contributed by atoms with Gasteiger partial charge < -0.3 is 15.3 Å². The maximum atomic E-state index is 11.8. The number of carboxylic acids is 1. The molecule has 2 amide bonds. The maximum Gasteiger partial charge on any atom is 0.329 e. The van der Waals surface area contributed by atoms with Gasteiger partial charge in [-0.1, -0.05) is 0 Å². The van der Waals surface area contributed by atoms with Crippen molar-refractivity contribution in [3.05, 3.63) is 0 Å².